The van der Waals surface area contributed by atoms with Crippen molar-refractivity contribution in [1.29, 1.82) is 0 Å². The summed E-state index contributed by atoms with van der Waals surface area (Å²) in [5.41, 5.74) is 3.79. The third-order valence-corrected chi connectivity index (χ3v) is 4.33. The molecule has 2 aromatic carbocycles. The van der Waals surface area contributed by atoms with Gasteiger partial charge in [0.1, 0.15) is 5.84 Å². The summed E-state index contributed by atoms with van der Waals surface area (Å²) in [6, 6.07) is 15.6. The topological polar surface area (TPSA) is 53.5 Å². The third kappa shape index (κ3) is 4.27. The number of hydrogen-bond donors (Lipinski definition) is 2. The summed E-state index contributed by atoms with van der Waals surface area (Å²) in [6.07, 6.45) is 1.08. The summed E-state index contributed by atoms with van der Waals surface area (Å²) >= 11 is 0. The van der Waals surface area contributed by atoms with Gasteiger partial charge < -0.3 is 10.6 Å². The van der Waals surface area contributed by atoms with Gasteiger partial charge in [-0.1, -0.05) is 32.9 Å². The molecule has 3 rings (SSSR count). The molecule has 1 aliphatic rings. The van der Waals surface area contributed by atoms with Crippen LogP contribution in [-0.2, 0) is 5.41 Å². The Hall–Kier alpha value is -2.62. The van der Waals surface area contributed by atoms with Crippen LogP contribution < -0.4 is 10.6 Å². The van der Waals surface area contributed by atoms with E-state index in [0.717, 1.165) is 36.6 Å². The maximum Gasteiger partial charge on any atom is 0.255 e. The molecule has 0 saturated carbocycles. The fraction of sp³-hybridized carbons (Fsp3) is 0.333. The fourth-order valence-corrected chi connectivity index (χ4v) is 2.76. The largest absolute Gasteiger partial charge is 0.370 e. The lowest BCUT2D eigenvalue weighted by Crippen LogP contribution is -2.30. The van der Waals surface area contributed by atoms with Crippen LogP contribution in [0.5, 0.6) is 0 Å². The monoisotopic (exact) mass is 335 g/mol. The molecule has 0 unspecified atom stereocenters. The fourth-order valence-electron chi connectivity index (χ4n) is 2.76. The standard InChI is InChI=1S/C21H25N3O/c1-21(2,3)17-9-5-16(6-10-17)20(25)24-18-11-7-15(8-12-18)19-22-13-4-14-23-19/h5-12H,4,13-14H2,1-3H3,(H,22,23)(H,24,25). The van der Waals surface area contributed by atoms with Crippen LogP contribution in [0.2, 0.25) is 0 Å². The number of rotatable bonds is 3. The Bertz CT molecular complexity index is 768. The second-order valence-corrected chi connectivity index (χ2v) is 7.37. The van der Waals surface area contributed by atoms with Crippen LogP contribution in [0.4, 0.5) is 5.69 Å². The molecule has 4 heteroatoms. The maximum atomic E-state index is 12.4. The first-order valence-electron chi connectivity index (χ1n) is 8.74. The Kier molecular flexibility index (Phi) is 4.88. The number of nitrogens with one attached hydrogen (secondary N) is 2. The van der Waals surface area contributed by atoms with Crippen molar-refractivity contribution in [3.63, 3.8) is 0 Å². The number of amides is 1. The highest BCUT2D eigenvalue weighted by Crippen LogP contribution is 2.22. The van der Waals surface area contributed by atoms with E-state index in [9.17, 15) is 4.79 Å². The first-order valence-corrected chi connectivity index (χ1v) is 8.74. The molecule has 25 heavy (non-hydrogen) atoms. The lowest BCUT2D eigenvalue weighted by Gasteiger charge is -2.19. The second-order valence-electron chi connectivity index (χ2n) is 7.37. The summed E-state index contributed by atoms with van der Waals surface area (Å²) in [5, 5.41) is 6.25. The number of hydrogen-bond acceptors (Lipinski definition) is 3. The van der Waals surface area contributed by atoms with Gasteiger partial charge in [0.2, 0.25) is 0 Å². The minimum absolute atomic E-state index is 0.0840. The lowest BCUT2D eigenvalue weighted by molar-refractivity contribution is 0.102. The van der Waals surface area contributed by atoms with E-state index in [1.807, 2.05) is 48.5 Å². The molecule has 1 aliphatic heterocycles. The summed E-state index contributed by atoms with van der Waals surface area (Å²) in [5.74, 6) is 0.836. The number of amidine groups is 1. The quantitative estimate of drug-likeness (QED) is 0.891. The molecule has 0 atom stereocenters. The van der Waals surface area contributed by atoms with Crippen LogP contribution in [0.15, 0.2) is 53.5 Å². The molecule has 130 valence electrons. The SMILES string of the molecule is CC(C)(C)c1ccc(C(=O)Nc2ccc(C3=NCCCN3)cc2)cc1. The van der Waals surface area contributed by atoms with Gasteiger partial charge in [0.25, 0.3) is 5.91 Å². The van der Waals surface area contributed by atoms with Crippen LogP contribution in [-0.4, -0.2) is 24.8 Å². The number of carbonyl (C=O) groups is 1. The zero-order valence-electron chi connectivity index (χ0n) is 15.1. The highest BCUT2D eigenvalue weighted by atomic mass is 16.1. The van der Waals surface area contributed by atoms with Crippen molar-refractivity contribution in [2.45, 2.75) is 32.6 Å². The zero-order valence-corrected chi connectivity index (χ0v) is 15.1. The Morgan fingerprint density at radius 1 is 1.04 bits per heavy atom. The summed E-state index contributed by atoms with van der Waals surface area (Å²) in [7, 11) is 0. The molecular formula is C21H25N3O. The van der Waals surface area contributed by atoms with Crippen LogP contribution in [0.1, 0.15) is 48.7 Å². The third-order valence-electron chi connectivity index (χ3n) is 4.33. The van der Waals surface area contributed by atoms with Crippen molar-refractivity contribution >= 4 is 17.4 Å². The molecule has 2 aromatic rings. The molecule has 0 bridgehead atoms. The van der Waals surface area contributed by atoms with Gasteiger partial charge in [-0.3, -0.25) is 9.79 Å². The van der Waals surface area contributed by atoms with Crippen molar-refractivity contribution < 1.29 is 4.79 Å². The molecule has 1 amide bonds. The van der Waals surface area contributed by atoms with Crippen molar-refractivity contribution in [2.24, 2.45) is 4.99 Å². The average Bonchev–Trinajstić information content (AvgIpc) is 2.62. The Balaban J connectivity index is 1.67. The van der Waals surface area contributed by atoms with E-state index in [1.54, 1.807) is 0 Å². The van der Waals surface area contributed by atoms with Crippen molar-refractivity contribution in [2.75, 3.05) is 18.4 Å². The molecule has 0 radical (unpaired) electrons. The summed E-state index contributed by atoms with van der Waals surface area (Å²) < 4.78 is 0. The Labute approximate surface area is 149 Å². The molecule has 4 nitrogen and oxygen atoms in total. The predicted octanol–water partition coefficient (Wildman–Crippen LogP) is 3.98. The average molecular weight is 335 g/mol. The van der Waals surface area contributed by atoms with Crippen LogP contribution in [0.3, 0.4) is 0 Å². The van der Waals surface area contributed by atoms with E-state index in [-0.39, 0.29) is 11.3 Å². The normalized spacial score (nSPS) is 14.4. The Morgan fingerprint density at radius 3 is 2.28 bits per heavy atom. The molecule has 0 aliphatic carbocycles. The first-order chi connectivity index (χ1) is 11.9. The van der Waals surface area contributed by atoms with Gasteiger partial charge in [-0.2, -0.15) is 0 Å². The molecular weight excluding hydrogens is 310 g/mol. The first kappa shape index (κ1) is 17.2. The lowest BCUT2D eigenvalue weighted by atomic mass is 9.87. The van der Waals surface area contributed by atoms with E-state index in [2.05, 4.69) is 36.4 Å². The predicted molar refractivity (Wildman–Crippen MR) is 104 cm³/mol. The van der Waals surface area contributed by atoms with E-state index in [0.29, 0.717) is 5.56 Å². The van der Waals surface area contributed by atoms with E-state index < -0.39 is 0 Å². The molecule has 0 spiro atoms. The molecule has 1 heterocycles. The van der Waals surface area contributed by atoms with Gasteiger partial charge in [0.15, 0.2) is 0 Å². The minimum Gasteiger partial charge on any atom is -0.370 e. The zero-order chi connectivity index (χ0) is 17.9. The molecule has 0 aromatic heterocycles. The van der Waals surface area contributed by atoms with E-state index in [1.165, 1.54) is 5.56 Å². The van der Waals surface area contributed by atoms with Crippen LogP contribution in [0, 0.1) is 0 Å². The van der Waals surface area contributed by atoms with Gasteiger partial charge >= 0.3 is 0 Å². The van der Waals surface area contributed by atoms with Crippen LogP contribution >= 0.6 is 0 Å². The van der Waals surface area contributed by atoms with E-state index >= 15 is 0 Å². The van der Waals surface area contributed by atoms with Gasteiger partial charge in [-0.25, -0.2) is 0 Å². The van der Waals surface area contributed by atoms with Crippen LogP contribution in [0.25, 0.3) is 0 Å². The van der Waals surface area contributed by atoms with E-state index in [4.69, 9.17) is 0 Å². The van der Waals surface area contributed by atoms with Crippen molar-refractivity contribution in [3.8, 4) is 0 Å². The molecule has 0 fully saturated rings. The minimum atomic E-state index is -0.0960. The number of anilines is 1. The number of carbonyl (C=O) groups excluding carboxylic acids is 1. The molecule has 2 N–H and O–H groups in total. The van der Waals surface area contributed by atoms with Gasteiger partial charge in [-0.05, 0) is 53.8 Å². The number of nitrogens with zero attached hydrogens (tertiary/aromatic N) is 1. The van der Waals surface area contributed by atoms with Crippen molar-refractivity contribution in [1.82, 2.24) is 5.32 Å². The molecule has 0 saturated heterocycles. The second kappa shape index (κ2) is 7.09. The summed E-state index contributed by atoms with van der Waals surface area (Å²) in [6.45, 7) is 8.31. The maximum absolute atomic E-state index is 12.4. The summed E-state index contributed by atoms with van der Waals surface area (Å²) in [4.78, 5) is 16.9. The van der Waals surface area contributed by atoms with Gasteiger partial charge in [-0.15, -0.1) is 0 Å². The Morgan fingerprint density at radius 2 is 1.72 bits per heavy atom. The van der Waals surface area contributed by atoms with Crippen molar-refractivity contribution in [3.05, 3.63) is 65.2 Å². The van der Waals surface area contributed by atoms with Gasteiger partial charge in [0.05, 0.1) is 0 Å². The highest BCUT2D eigenvalue weighted by molar-refractivity contribution is 6.05. The van der Waals surface area contributed by atoms with Gasteiger partial charge in [0, 0.05) is 29.9 Å². The number of benzene rings is 2. The highest BCUT2D eigenvalue weighted by Gasteiger charge is 2.14. The number of aliphatic imine (C=N–C) groups is 1. The smallest absolute Gasteiger partial charge is 0.255 e.